The van der Waals surface area contributed by atoms with Gasteiger partial charge in [-0.1, -0.05) is 0 Å². The predicted octanol–water partition coefficient (Wildman–Crippen LogP) is 3.41. The molecule has 5 heteroatoms. The standard InChI is InChI=1S/C10H5Br2N3/c11-6-3-8-10(13-4-6)14-5-7-1-2-9(12)15(7)8/h1-5H. The molecule has 0 radical (unpaired) electrons. The Kier molecular flexibility index (Phi) is 2.03. The van der Waals surface area contributed by atoms with Crippen LogP contribution in [0.4, 0.5) is 0 Å². The van der Waals surface area contributed by atoms with Crippen LogP contribution in [-0.4, -0.2) is 14.4 Å². The van der Waals surface area contributed by atoms with Crippen molar-refractivity contribution in [3.8, 4) is 0 Å². The molecule has 3 aromatic heterocycles. The monoisotopic (exact) mass is 325 g/mol. The Labute approximate surface area is 102 Å². The summed E-state index contributed by atoms with van der Waals surface area (Å²) in [6, 6.07) is 6.02. The smallest absolute Gasteiger partial charge is 0.176 e. The van der Waals surface area contributed by atoms with Gasteiger partial charge in [0.25, 0.3) is 0 Å². The second kappa shape index (κ2) is 3.28. The SMILES string of the molecule is Brc1cnc2ncc3ccc(Br)n3c2c1. The van der Waals surface area contributed by atoms with Crippen LogP contribution in [0.2, 0.25) is 0 Å². The topological polar surface area (TPSA) is 30.2 Å². The number of nitrogens with zero attached hydrogens (tertiary/aromatic N) is 3. The van der Waals surface area contributed by atoms with Crippen LogP contribution in [0.15, 0.2) is 39.7 Å². The average molecular weight is 327 g/mol. The van der Waals surface area contributed by atoms with Crippen molar-refractivity contribution in [2.24, 2.45) is 0 Å². The van der Waals surface area contributed by atoms with Crippen LogP contribution in [0, 0.1) is 0 Å². The van der Waals surface area contributed by atoms with Gasteiger partial charge >= 0.3 is 0 Å². The fourth-order valence-corrected chi connectivity index (χ4v) is 2.44. The Bertz CT molecular complexity index is 660. The minimum absolute atomic E-state index is 0.739. The molecule has 74 valence electrons. The van der Waals surface area contributed by atoms with E-state index in [1.165, 1.54) is 0 Å². The molecule has 0 atom stereocenters. The first kappa shape index (κ1) is 9.30. The molecule has 0 aromatic carbocycles. The van der Waals surface area contributed by atoms with Crippen molar-refractivity contribution in [3.63, 3.8) is 0 Å². The highest BCUT2D eigenvalue weighted by Gasteiger charge is 2.05. The van der Waals surface area contributed by atoms with E-state index >= 15 is 0 Å². The second-order valence-corrected chi connectivity index (χ2v) is 4.90. The molecule has 0 N–H and O–H groups in total. The lowest BCUT2D eigenvalue weighted by atomic mass is 10.4. The number of aromatic nitrogens is 3. The predicted molar refractivity (Wildman–Crippen MR) is 65.9 cm³/mol. The van der Waals surface area contributed by atoms with E-state index in [4.69, 9.17) is 0 Å². The number of fused-ring (bicyclic) bond motifs is 3. The van der Waals surface area contributed by atoms with E-state index in [0.29, 0.717) is 0 Å². The van der Waals surface area contributed by atoms with Gasteiger partial charge in [0.2, 0.25) is 0 Å². The lowest BCUT2D eigenvalue weighted by Gasteiger charge is -2.02. The van der Waals surface area contributed by atoms with Gasteiger partial charge in [0.1, 0.15) is 0 Å². The molecule has 3 rings (SSSR count). The molecule has 0 bridgehead atoms. The molecule has 0 aliphatic carbocycles. The highest BCUT2D eigenvalue weighted by molar-refractivity contribution is 9.10. The molecular formula is C10H5Br2N3. The summed E-state index contributed by atoms with van der Waals surface area (Å²) in [4.78, 5) is 8.54. The van der Waals surface area contributed by atoms with E-state index in [1.54, 1.807) is 6.20 Å². The molecule has 0 fully saturated rings. The number of halogens is 2. The summed E-state index contributed by atoms with van der Waals surface area (Å²) in [6.07, 6.45) is 3.56. The average Bonchev–Trinajstić information content (AvgIpc) is 2.60. The highest BCUT2D eigenvalue weighted by atomic mass is 79.9. The van der Waals surface area contributed by atoms with Crippen molar-refractivity contribution in [2.75, 3.05) is 0 Å². The molecular weight excluding hydrogens is 322 g/mol. The molecule has 0 aliphatic rings. The summed E-state index contributed by atoms with van der Waals surface area (Å²) >= 11 is 6.92. The maximum Gasteiger partial charge on any atom is 0.176 e. The van der Waals surface area contributed by atoms with E-state index in [-0.39, 0.29) is 0 Å². The Balaban J connectivity index is 2.61. The number of hydrogen-bond donors (Lipinski definition) is 0. The van der Waals surface area contributed by atoms with Crippen molar-refractivity contribution in [1.29, 1.82) is 0 Å². The van der Waals surface area contributed by atoms with Crippen molar-refractivity contribution in [2.45, 2.75) is 0 Å². The molecule has 0 spiro atoms. The zero-order chi connectivity index (χ0) is 10.4. The van der Waals surface area contributed by atoms with E-state index in [9.17, 15) is 0 Å². The first-order valence-corrected chi connectivity index (χ1v) is 5.91. The van der Waals surface area contributed by atoms with E-state index < -0.39 is 0 Å². The Hall–Kier alpha value is -0.940. The van der Waals surface area contributed by atoms with Crippen molar-refractivity contribution < 1.29 is 0 Å². The fourth-order valence-electron chi connectivity index (χ4n) is 1.59. The minimum Gasteiger partial charge on any atom is -0.299 e. The molecule has 0 aliphatic heterocycles. The second-order valence-electron chi connectivity index (χ2n) is 3.17. The van der Waals surface area contributed by atoms with Gasteiger partial charge < -0.3 is 0 Å². The largest absolute Gasteiger partial charge is 0.299 e. The molecule has 0 unspecified atom stereocenters. The molecule has 0 saturated heterocycles. The third-order valence-electron chi connectivity index (χ3n) is 2.24. The summed E-state index contributed by atoms with van der Waals surface area (Å²) in [7, 11) is 0. The van der Waals surface area contributed by atoms with E-state index in [0.717, 1.165) is 25.8 Å². The lowest BCUT2D eigenvalue weighted by molar-refractivity contribution is 1.16. The van der Waals surface area contributed by atoms with Gasteiger partial charge in [-0.3, -0.25) is 4.40 Å². The summed E-state index contributed by atoms with van der Waals surface area (Å²) < 4.78 is 4.02. The van der Waals surface area contributed by atoms with Crippen molar-refractivity contribution in [3.05, 3.63) is 39.7 Å². The Morgan fingerprint density at radius 3 is 2.73 bits per heavy atom. The summed E-state index contributed by atoms with van der Waals surface area (Å²) in [5.74, 6) is 0. The third-order valence-corrected chi connectivity index (χ3v) is 3.29. The third kappa shape index (κ3) is 1.38. The number of pyridine rings is 1. The minimum atomic E-state index is 0.739. The van der Waals surface area contributed by atoms with Crippen LogP contribution in [0.3, 0.4) is 0 Å². The van der Waals surface area contributed by atoms with E-state index in [2.05, 4.69) is 46.2 Å². The molecule has 0 amide bonds. The number of rotatable bonds is 0. The van der Waals surface area contributed by atoms with E-state index in [1.807, 2.05) is 24.4 Å². The van der Waals surface area contributed by atoms with Crippen LogP contribution >= 0.6 is 31.9 Å². The maximum absolute atomic E-state index is 4.29. The highest BCUT2D eigenvalue weighted by Crippen LogP contribution is 2.22. The molecule has 3 nitrogen and oxygen atoms in total. The van der Waals surface area contributed by atoms with Crippen molar-refractivity contribution >= 4 is 48.5 Å². The van der Waals surface area contributed by atoms with Gasteiger partial charge in [-0.05, 0) is 50.1 Å². The van der Waals surface area contributed by atoms with Gasteiger partial charge in [0.05, 0.1) is 21.8 Å². The number of hydrogen-bond acceptors (Lipinski definition) is 2. The summed E-state index contributed by atoms with van der Waals surface area (Å²) in [6.45, 7) is 0. The van der Waals surface area contributed by atoms with Crippen LogP contribution in [0.5, 0.6) is 0 Å². The normalized spacial score (nSPS) is 11.3. The fraction of sp³-hybridized carbons (Fsp3) is 0. The zero-order valence-electron chi connectivity index (χ0n) is 7.48. The Morgan fingerprint density at radius 1 is 1.07 bits per heavy atom. The summed E-state index contributed by atoms with van der Waals surface area (Å²) in [5.41, 5.74) is 2.77. The lowest BCUT2D eigenvalue weighted by Crippen LogP contribution is -1.92. The molecule has 0 saturated carbocycles. The first-order valence-electron chi connectivity index (χ1n) is 4.33. The van der Waals surface area contributed by atoms with Gasteiger partial charge in [0, 0.05) is 10.7 Å². The zero-order valence-corrected chi connectivity index (χ0v) is 10.7. The van der Waals surface area contributed by atoms with Crippen LogP contribution in [-0.2, 0) is 0 Å². The van der Waals surface area contributed by atoms with Gasteiger partial charge in [-0.15, -0.1) is 0 Å². The van der Waals surface area contributed by atoms with Crippen LogP contribution in [0.1, 0.15) is 0 Å². The van der Waals surface area contributed by atoms with Gasteiger partial charge in [0.15, 0.2) is 5.65 Å². The first-order chi connectivity index (χ1) is 7.25. The molecule has 15 heavy (non-hydrogen) atoms. The van der Waals surface area contributed by atoms with Gasteiger partial charge in [-0.25, -0.2) is 9.97 Å². The molecule has 3 heterocycles. The maximum atomic E-state index is 4.29. The Morgan fingerprint density at radius 2 is 1.87 bits per heavy atom. The quantitative estimate of drug-likeness (QED) is 0.633. The van der Waals surface area contributed by atoms with Gasteiger partial charge in [-0.2, -0.15) is 0 Å². The molecule has 3 aromatic rings. The van der Waals surface area contributed by atoms with Crippen molar-refractivity contribution in [1.82, 2.24) is 14.4 Å². The summed E-state index contributed by atoms with van der Waals surface area (Å²) in [5, 5.41) is 0. The van der Waals surface area contributed by atoms with Crippen LogP contribution < -0.4 is 0 Å². The van der Waals surface area contributed by atoms with Crippen LogP contribution in [0.25, 0.3) is 16.7 Å².